The molecule has 0 spiro atoms. The summed E-state index contributed by atoms with van der Waals surface area (Å²) in [6.45, 7) is 1.91. The molecule has 1 aliphatic rings. The minimum Gasteiger partial charge on any atom is -0.497 e. The van der Waals surface area contributed by atoms with E-state index in [2.05, 4.69) is 20.6 Å². The Balaban J connectivity index is 1.51. The monoisotopic (exact) mass is 445 g/mol. The lowest BCUT2D eigenvalue weighted by atomic mass is 10.2. The highest BCUT2D eigenvalue weighted by molar-refractivity contribution is 5.99. The Morgan fingerprint density at radius 3 is 2.76 bits per heavy atom. The lowest BCUT2D eigenvalue weighted by Crippen LogP contribution is -2.31. The molecule has 2 heterocycles. The fourth-order valence-corrected chi connectivity index (χ4v) is 3.71. The van der Waals surface area contributed by atoms with Gasteiger partial charge in [-0.2, -0.15) is 0 Å². The summed E-state index contributed by atoms with van der Waals surface area (Å²) < 4.78 is 5.30. The van der Waals surface area contributed by atoms with Crippen LogP contribution >= 0.6 is 0 Å². The largest absolute Gasteiger partial charge is 0.497 e. The summed E-state index contributed by atoms with van der Waals surface area (Å²) in [7, 11) is 1.60. The summed E-state index contributed by atoms with van der Waals surface area (Å²) >= 11 is 0. The van der Waals surface area contributed by atoms with E-state index >= 15 is 0 Å². The smallest absolute Gasteiger partial charge is 0.256 e. The van der Waals surface area contributed by atoms with Gasteiger partial charge in [0.15, 0.2) is 5.82 Å². The van der Waals surface area contributed by atoms with Gasteiger partial charge in [-0.25, -0.2) is 9.97 Å². The SMILES string of the molecule is COc1cccc(Nc2nc(-c3ccccc3)ncc2C(=O)NCCCN2CCCC2=O)c1. The lowest BCUT2D eigenvalue weighted by Gasteiger charge is -2.16. The molecule has 0 radical (unpaired) electrons. The van der Waals surface area contributed by atoms with Gasteiger partial charge in [0.05, 0.1) is 7.11 Å². The normalized spacial score (nSPS) is 13.1. The van der Waals surface area contributed by atoms with Gasteiger partial charge < -0.3 is 20.3 Å². The van der Waals surface area contributed by atoms with E-state index in [0.717, 1.165) is 24.2 Å². The second kappa shape index (κ2) is 10.6. The molecule has 2 N–H and O–H groups in total. The number of hydrogen-bond acceptors (Lipinski definition) is 6. The number of benzene rings is 2. The molecule has 1 aliphatic heterocycles. The molecule has 2 amide bonds. The van der Waals surface area contributed by atoms with Crippen molar-refractivity contribution in [2.45, 2.75) is 19.3 Å². The third-order valence-electron chi connectivity index (χ3n) is 5.46. The number of ether oxygens (including phenoxy) is 1. The number of rotatable bonds is 9. The lowest BCUT2D eigenvalue weighted by molar-refractivity contribution is -0.127. The second-order valence-corrected chi connectivity index (χ2v) is 7.77. The summed E-state index contributed by atoms with van der Waals surface area (Å²) in [5.74, 6) is 1.54. The zero-order valence-electron chi connectivity index (χ0n) is 18.6. The second-order valence-electron chi connectivity index (χ2n) is 7.77. The maximum atomic E-state index is 13.0. The highest BCUT2D eigenvalue weighted by Gasteiger charge is 2.20. The van der Waals surface area contributed by atoms with E-state index in [9.17, 15) is 9.59 Å². The predicted octanol–water partition coefficient (Wildman–Crippen LogP) is 3.64. The zero-order chi connectivity index (χ0) is 23.0. The standard InChI is InChI=1S/C25H27N5O3/c1-33-20-11-5-10-19(16-20)28-24-21(17-27-23(29-24)18-8-3-2-4-9-18)25(32)26-13-7-15-30-14-6-12-22(30)31/h2-5,8-11,16-17H,6-7,12-15H2,1H3,(H,26,32)(H,27,28,29). The Labute approximate surface area is 193 Å². The van der Waals surface area contributed by atoms with E-state index in [4.69, 9.17) is 4.74 Å². The Morgan fingerprint density at radius 2 is 2.00 bits per heavy atom. The molecule has 2 aromatic carbocycles. The van der Waals surface area contributed by atoms with Gasteiger partial charge in [0, 0.05) is 49.6 Å². The maximum absolute atomic E-state index is 13.0. The number of methoxy groups -OCH3 is 1. The molecule has 1 fully saturated rings. The van der Waals surface area contributed by atoms with Crippen molar-refractivity contribution in [1.29, 1.82) is 0 Å². The average molecular weight is 446 g/mol. The van der Waals surface area contributed by atoms with E-state index in [-0.39, 0.29) is 11.8 Å². The van der Waals surface area contributed by atoms with Crippen LogP contribution in [0.5, 0.6) is 5.75 Å². The molecule has 0 bridgehead atoms. The van der Waals surface area contributed by atoms with E-state index in [1.54, 1.807) is 7.11 Å². The molecular weight excluding hydrogens is 418 g/mol. The number of amides is 2. The summed E-state index contributed by atoms with van der Waals surface area (Å²) in [4.78, 5) is 35.6. The van der Waals surface area contributed by atoms with Crippen LogP contribution in [0.2, 0.25) is 0 Å². The van der Waals surface area contributed by atoms with Crippen LogP contribution < -0.4 is 15.4 Å². The zero-order valence-corrected chi connectivity index (χ0v) is 18.6. The number of carbonyl (C=O) groups excluding carboxylic acids is 2. The molecule has 8 nitrogen and oxygen atoms in total. The number of carbonyl (C=O) groups is 2. The molecule has 0 saturated carbocycles. The molecule has 4 rings (SSSR count). The van der Waals surface area contributed by atoms with Crippen LogP contribution in [0.25, 0.3) is 11.4 Å². The third kappa shape index (κ3) is 5.65. The maximum Gasteiger partial charge on any atom is 0.256 e. The van der Waals surface area contributed by atoms with Gasteiger partial charge >= 0.3 is 0 Å². The topological polar surface area (TPSA) is 96.4 Å². The molecule has 33 heavy (non-hydrogen) atoms. The highest BCUT2D eigenvalue weighted by Crippen LogP contribution is 2.25. The van der Waals surface area contributed by atoms with Gasteiger partial charge in [0.1, 0.15) is 17.1 Å². The fraction of sp³-hybridized carbons (Fsp3) is 0.280. The van der Waals surface area contributed by atoms with E-state index in [0.29, 0.717) is 48.9 Å². The first-order valence-electron chi connectivity index (χ1n) is 11.0. The van der Waals surface area contributed by atoms with Crippen molar-refractivity contribution < 1.29 is 14.3 Å². The molecule has 8 heteroatoms. The molecule has 0 atom stereocenters. The van der Waals surface area contributed by atoms with Crippen molar-refractivity contribution >= 4 is 23.3 Å². The molecule has 1 saturated heterocycles. The molecule has 3 aromatic rings. The predicted molar refractivity (Wildman–Crippen MR) is 127 cm³/mol. The number of anilines is 2. The Kier molecular flexibility index (Phi) is 7.14. The van der Waals surface area contributed by atoms with Crippen LogP contribution in [0.3, 0.4) is 0 Å². The summed E-state index contributed by atoms with van der Waals surface area (Å²) in [6, 6.07) is 17.0. The first-order valence-corrected chi connectivity index (χ1v) is 11.0. The van der Waals surface area contributed by atoms with Crippen LogP contribution in [0.4, 0.5) is 11.5 Å². The van der Waals surface area contributed by atoms with E-state index in [1.807, 2.05) is 59.5 Å². The Hall–Kier alpha value is -3.94. The molecule has 0 aliphatic carbocycles. The minimum absolute atomic E-state index is 0.191. The van der Waals surface area contributed by atoms with Crippen LogP contribution in [-0.4, -0.2) is 53.4 Å². The summed E-state index contributed by atoms with van der Waals surface area (Å²) in [5, 5.41) is 6.16. The molecule has 0 unspecified atom stereocenters. The van der Waals surface area contributed by atoms with Gasteiger partial charge in [-0.1, -0.05) is 36.4 Å². The summed E-state index contributed by atoms with van der Waals surface area (Å²) in [5.41, 5.74) is 1.94. The summed E-state index contributed by atoms with van der Waals surface area (Å²) in [6.07, 6.45) is 3.77. The van der Waals surface area contributed by atoms with Crippen LogP contribution in [0, 0.1) is 0 Å². The van der Waals surface area contributed by atoms with Gasteiger partial charge in [-0.3, -0.25) is 9.59 Å². The van der Waals surface area contributed by atoms with E-state index < -0.39 is 0 Å². The number of hydrogen-bond donors (Lipinski definition) is 2. The molecule has 1 aromatic heterocycles. The number of nitrogens with zero attached hydrogens (tertiary/aromatic N) is 3. The van der Waals surface area contributed by atoms with Gasteiger partial charge in [-0.05, 0) is 25.0 Å². The Bertz CT molecular complexity index is 1120. The van der Waals surface area contributed by atoms with Gasteiger partial charge in [0.2, 0.25) is 5.91 Å². The van der Waals surface area contributed by atoms with E-state index in [1.165, 1.54) is 6.20 Å². The van der Waals surface area contributed by atoms with Crippen LogP contribution in [-0.2, 0) is 4.79 Å². The number of nitrogens with one attached hydrogen (secondary N) is 2. The van der Waals surface area contributed by atoms with Crippen molar-refractivity contribution in [1.82, 2.24) is 20.2 Å². The third-order valence-corrected chi connectivity index (χ3v) is 5.46. The molecular formula is C25H27N5O3. The Morgan fingerprint density at radius 1 is 1.15 bits per heavy atom. The minimum atomic E-state index is -0.271. The van der Waals surface area contributed by atoms with Crippen molar-refractivity contribution in [2.24, 2.45) is 0 Å². The first kappa shape index (κ1) is 22.3. The van der Waals surface area contributed by atoms with Crippen LogP contribution in [0.1, 0.15) is 29.6 Å². The highest BCUT2D eigenvalue weighted by atomic mass is 16.5. The van der Waals surface area contributed by atoms with Gasteiger partial charge in [-0.15, -0.1) is 0 Å². The number of likely N-dealkylation sites (tertiary alicyclic amines) is 1. The van der Waals surface area contributed by atoms with Crippen molar-refractivity contribution in [2.75, 3.05) is 32.1 Å². The van der Waals surface area contributed by atoms with Crippen molar-refractivity contribution in [3.05, 3.63) is 66.4 Å². The van der Waals surface area contributed by atoms with Crippen molar-refractivity contribution in [3.63, 3.8) is 0 Å². The van der Waals surface area contributed by atoms with Gasteiger partial charge in [0.25, 0.3) is 5.91 Å². The van der Waals surface area contributed by atoms with Crippen LogP contribution in [0.15, 0.2) is 60.8 Å². The number of aromatic nitrogens is 2. The molecule has 170 valence electrons. The fourth-order valence-electron chi connectivity index (χ4n) is 3.71. The van der Waals surface area contributed by atoms with Crippen molar-refractivity contribution in [3.8, 4) is 17.1 Å². The first-order chi connectivity index (χ1) is 16.1. The average Bonchev–Trinajstić information content (AvgIpc) is 3.27. The quantitative estimate of drug-likeness (QED) is 0.488.